The zero-order valence-electron chi connectivity index (χ0n) is 30.5. The molecule has 0 unspecified atom stereocenters. The van der Waals surface area contributed by atoms with Gasteiger partial charge >= 0.3 is 0 Å². The summed E-state index contributed by atoms with van der Waals surface area (Å²) in [5.74, 6) is 0. The molecule has 10 aromatic carbocycles. The van der Waals surface area contributed by atoms with Crippen molar-refractivity contribution in [2.45, 2.75) is 0 Å². The molecule has 264 valence electrons. The van der Waals surface area contributed by atoms with Crippen LogP contribution in [-0.4, -0.2) is 0 Å². The number of fused-ring (bicyclic) bond motifs is 12. The average molecular weight is 759 g/mol. The van der Waals surface area contributed by atoms with Crippen molar-refractivity contribution in [2.24, 2.45) is 0 Å². The van der Waals surface area contributed by atoms with Gasteiger partial charge in [-0.1, -0.05) is 140 Å². The fourth-order valence-electron chi connectivity index (χ4n) is 9.53. The summed E-state index contributed by atoms with van der Waals surface area (Å²) in [4.78, 5) is 0. The minimum Gasteiger partial charge on any atom is -0.456 e. The SMILES string of the molecule is c1ccc2cc(-c3csc4ccc5c6ccc(-c7c8ccccc8c(-c8cccc9oc%10cc%11ccccc%11cc%10c89)c8ccccc78)cc6sc5c34)ccc2c1. The van der Waals surface area contributed by atoms with E-state index in [4.69, 9.17) is 4.42 Å². The lowest BCUT2D eigenvalue weighted by Crippen LogP contribution is -1.91. The van der Waals surface area contributed by atoms with Crippen LogP contribution in [0, 0.1) is 0 Å². The highest BCUT2D eigenvalue weighted by Gasteiger charge is 2.22. The van der Waals surface area contributed by atoms with Gasteiger partial charge in [0, 0.05) is 46.6 Å². The van der Waals surface area contributed by atoms with Crippen molar-refractivity contribution >= 4 is 118 Å². The molecule has 0 saturated carbocycles. The molecular formula is C54H30OS2. The molecule has 57 heavy (non-hydrogen) atoms. The van der Waals surface area contributed by atoms with Crippen molar-refractivity contribution in [3.8, 4) is 33.4 Å². The van der Waals surface area contributed by atoms with E-state index < -0.39 is 0 Å². The lowest BCUT2D eigenvalue weighted by atomic mass is 9.85. The lowest BCUT2D eigenvalue weighted by molar-refractivity contribution is 0.669. The van der Waals surface area contributed by atoms with Crippen LogP contribution in [0.5, 0.6) is 0 Å². The van der Waals surface area contributed by atoms with Crippen LogP contribution in [0.25, 0.3) is 129 Å². The largest absolute Gasteiger partial charge is 0.456 e. The number of furan rings is 1. The molecule has 0 amide bonds. The quantitative estimate of drug-likeness (QED) is 0.164. The van der Waals surface area contributed by atoms with Gasteiger partial charge in [-0.15, -0.1) is 22.7 Å². The van der Waals surface area contributed by atoms with Crippen molar-refractivity contribution in [1.29, 1.82) is 0 Å². The van der Waals surface area contributed by atoms with Gasteiger partial charge in [0.25, 0.3) is 0 Å². The fourth-order valence-corrected chi connectivity index (χ4v) is 11.9. The van der Waals surface area contributed by atoms with Crippen LogP contribution < -0.4 is 0 Å². The number of hydrogen-bond acceptors (Lipinski definition) is 3. The number of rotatable bonds is 3. The highest BCUT2D eigenvalue weighted by atomic mass is 32.1. The van der Waals surface area contributed by atoms with Crippen LogP contribution in [0.2, 0.25) is 0 Å². The molecule has 0 saturated heterocycles. The van der Waals surface area contributed by atoms with Crippen molar-refractivity contribution in [3.05, 3.63) is 181 Å². The first kappa shape index (κ1) is 31.4. The fraction of sp³-hybridized carbons (Fsp3) is 0. The van der Waals surface area contributed by atoms with Crippen molar-refractivity contribution < 1.29 is 4.42 Å². The van der Waals surface area contributed by atoms with Gasteiger partial charge < -0.3 is 4.42 Å². The van der Waals surface area contributed by atoms with Crippen LogP contribution in [0.4, 0.5) is 0 Å². The first-order valence-electron chi connectivity index (χ1n) is 19.4. The average Bonchev–Trinajstić information content (AvgIpc) is 3.97. The molecule has 0 aliphatic rings. The Bertz CT molecular complexity index is 3760. The Morgan fingerprint density at radius 3 is 1.77 bits per heavy atom. The Balaban J connectivity index is 1.05. The second-order valence-electron chi connectivity index (χ2n) is 15.2. The van der Waals surface area contributed by atoms with Gasteiger partial charge in [-0.2, -0.15) is 0 Å². The third-order valence-electron chi connectivity index (χ3n) is 12.1. The predicted octanol–water partition coefficient (Wildman–Crippen LogP) is 16.8. The first-order chi connectivity index (χ1) is 28.2. The van der Waals surface area contributed by atoms with E-state index in [1.165, 1.54) is 107 Å². The molecule has 0 spiro atoms. The molecule has 13 aromatic rings. The van der Waals surface area contributed by atoms with Crippen LogP contribution in [0.3, 0.4) is 0 Å². The standard InChI is InChI=1S/C54H30OS2/c1-2-11-32-26-35(21-20-31(32)10-1)45-30-56-48-25-24-42-37-23-22-36(29-49(37)57-54(42)53(45)48)50-38-14-5-7-16-40(38)51(41-17-8-6-15-39(41)50)43-18-9-19-46-52(43)44-27-33-12-3-4-13-34(33)28-47(44)55-46/h1-30H. The Kier molecular flexibility index (Phi) is 6.54. The van der Waals surface area contributed by atoms with Crippen molar-refractivity contribution in [1.82, 2.24) is 0 Å². The predicted molar refractivity (Wildman–Crippen MR) is 248 cm³/mol. The Labute approximate surface area is 335 Å². The maximum Gasteiger partial charge on any atom is 0.136 e. The second kappa shape index (κ2) is 11.9. The van der Waals surface area contributed by atoms with Gasteiger partial charge in [-0.25, -0.2) is 0 Å². The van der Waals surface area contributed by atoms with E-state index in [1.54, 1.807) is 0 Å². The summed E-state index contributed by atoms with van der Waals surface area (Å²) in [7, 11) is 0. The van der Waals surface area contributed by atoms with E-state index in [0.717, 1.165) is 21.9 Å². The number of hydrogen-bond donors (Lipinski definition) is 0. The third kappa shape index (κ3) is 4.56. The van der Waals surface area contributed by atoms with Crippen LogP contribution in [0.1, 0.15) is 0 Å². The smallest absolute Gasteiger partial charge is 0.136 e. The zero-order chi connectivity index (χ0) is 37.2. The summed E-state index contributed by atoms with van der Waals surface area (Å²) in [5.41, 5.74) is 9.38. The summed E-state index contributed by atoms with van der Waals surface area (Å²) in [6.45, 7) is 0. The number of thiophene rings is 2. The van der Waals surface area contributed by atoms with Gasteiger partial charge in [-0.3, -0.25) is 0 Å². The monoisotopic (exact) mass is 758 g/mol. The summed E-state index contributed by atoms with van der Waals surface area (Å²) in [6, 6.07) is 64.8. The van der Waals surface area contributed by atoms with E-state index in [-0.39, 0.29) is 0 Å². The lowest BCUT2D eigenvalue weighted by Gasteiger charge is -2.18. The molecule has 0 bridgehead atoms. The molecule has 3 aromatic heterocycles. The van der Waals surface area contributed by atoms with Gasteiger partial charge in [0.1, 0.15) is 11.2 Å². The molecule has 0 aliphatic carbocycles. The van der Waals surface area contributed by atoms with Gasteiger partial charge in [0.2, 0.25) is 0 Å². The molecule has 0 radical (unpaired) electrons. The maximum atomic E-state index is 6.58. The summed E-state index contributed by atoms with van der Waals surface area (Å²) in [5, 5.41) is 18.6. The third-order valence-corrected chi connectivity index (χ3v) is 14.2. The van der Waals surface area contributed by atoms with Crippen molar-refractivity contribution in [3.63, 3.8) is 0 Å². The van der Waals surface area contributed by atoms with Crippen LogP contribution in [-0.2, 0) is 0 Å². The molecule has 3 heteroatoms. The molecule has 3 heterocycles. The molecule has 0 fully saturated rings. The molecule has 0 aliphatic heterocycles. The normalized spacial score (nSPS) is 12.2. The molecule has 13 rings (SSSR count). The summed E-state index contributed by atoms with van der Waals surface area (Å²) < 4.78 is 10.6. The van der Waals surface area contributed by atoms with E-state index >= 15 is 0 Å². The maximum absolute atomic E-state index is 6.58. The molecule has 0 atom stereocenters. The molecular weight excluding hydrogens is 729 g/mol. The van der Waals surface area contributed by atoms with E-state index in [1.807, 2.05) is 22.7 Å². The number of benzene rings is 10. The highest BCUT2D eigenvalue weighted by Crippen LogP contribution is 2.50. The van der Waals surface area contributed by atoms with E-state index in [9.17, 15) is 0 Å². The minimum atomic E-state index is 0.911. The Hall–Kier alpha value is -6.78. The van der Waals surface area contributed by atoms with E-state index in [0.29, 0.717) is 0 Å². The van der Waals surface area contributed by atoms with Gasteiger partial charge in [0.15, 0.2) is 0 Å². The molecule has 0 N–H and O–H groups in total. The first-order valence-corrected chi connectivity index (χ1v) is 21.1. The topological polar surface area (TPSA) is 13.1 Å². The Morgan fingerprint density at radius 2 is 1.00 bits per heavy atom. The van der Waals surface area contributed by atoms with E-state index in [2.05, 4.69) is 181 Å². The van der Waals surface area contributed by atoms with Crippen molar-refractivity contribution in [2.75, 3.05) is 0 Å². The Morgan fingerprint density at radius 1 is 0.351 bits per heavy atom. The van der Waals surface area contributed by atoms with Gasteiger partial charge in [0.05, 0.1) is 0 Å². The zero-order valence-corrected chi connectivity index (χ0v) is 32.2. The molecule has 1 nitrogen and oxygen atoms in total. The summed E-state index contributed by atoms with van der Waals surface area (Å²) >= 11 is 3.77. The van der Waals surface area contributed by atoms with Gasteiger partial charge in [-0.05, 0) is 113 Å². The van der Waals surface area contributed by atoms with Crippen LogP contribution in [0.15, 0.2) is 186 Å². The van der Waals surface area contributed by atoms with Crippen LogP contribution >= 0.6 is 22.7 Å². The minimum absolute atomic E-state index is 0.911. The highest BCUT2D eigenvalue weighted by molar-refractivity contribution is 7.27. The second-order valence-corrected chi connectivity index (χ2v) is 17.1. The summed E-state index contributed by atoms with van der Waals surface area (Å²) in [6.07, 6.45) is 0.